The zero-order valence-corrected chi connectivity index (χ0v) is 12.2. The molecule has 1 saturated heterocycles. The maximum absolute atomic E-state index is 12.0. The Balaban J connectivity index is 2.10. The lowest BCUT2D eigenvalue weighted by Gasteiger charge is -2.34. The van der Waals surface area contributed by atoms with Gasteiger partial charge in [-0.3, -0.25) is 0 Å². The van der Waals surface area contributed by atoms with Crippen molar-refractivity contribution >= 4 is 6.03 Å². The van der Waals surface area contributed by atoms with Gasteiger partial charge in [0.1, 0.15) is 0 Å². The topological polar surface area (TPSA) is 35.6 Å². The summed E-state index contributed by atoms with van der Waals surface area (Å²) in [4.78, 5) is 15.1. The molecule has 0 aromatic rings. The first-order valence-corrected chi connectivity index (χ1v) is 7.06. The number of hydrogen-bond donors (Lipinski definition) is 1. The van der Waals surface area contributed by atoms with E-state index in [1.54, 1.807) is 19.0 Å². The van der Waals surface area contributed by atoms with Crippen molar-refractivity contribution in [3.63, 3.8) is 0 Å². The molecule has 1 rings (SSSR count). The van der Waals surface area contributed by atoms with Crippen LogP contribution in [-0.2, 0) is 0 Å². The Morgan fingerprint density at radius 1 is 1.25 bits per heavy atom. The minimum absolute atomic E-state index is 0.0219. The van der Waals surface area contributed by atoms with E-state index in [1.807, 2.05) is 4.90 Å². The number of amides is 2. The molecule has 0 aromatic heterocycles. The first-order valence-electron chi connectivity index (χ1n) is 7.06. The maximum atomic E-state index is 12.0. The molecule has 1 aliphatic heterocycles. The number of halogens is 3. The number of nitrogens with one attached hydrogen (secondary N) is 1. The molecule has 2 amide bonds. The van der Waals surface area contributed by atoms with Crippen molar-refractivity contribution in [2.45, 2.75) is 44.3 Å². The molecule has 0 bridgehead atoms. The molecule has 1 aliphatic rings. The van der Waals surface area contributed by atoms with Crippen molar-refractivity contribution in [1.29, 1.82) is 0 Å². The van der Waals surface area contributed by atoms with Gasteiger partial charge >= 0.3 is 12.2 Å². The van der Waals surface area contributed by atoms with E-state index in [2.05, 4.69) is 5.32 Å². The van der Waals surface area contributed by atoms with Gasteiger partial charge in [-0.1, -0.05) is 0 Å². The lowest BCUT2D eigenvalue weighted by atomic mass is 10.1. The number of carbonyl (C=O) groups excluding carboxylic acids is 1. The summed E-state index contributed by atoms with van der Waals surface area (Å²) in [5.41, 5.74) is 0. The number of rotatable bonds is 5. The predicted molar refractivity (Wildman–Crippen MR) is 71.6 cm³/mol. The Morgan fingerprint density at radius 2 is 1.85 bits per heavy atom. The van der Waals surface area contributed by atoms with Gasteiger partial charge in [0.25, 0.3) is 0 Å². The van der Waals surface area contributed by atoms with E-state index in [4.69, 9.17) is 0 Å². The number of nitrogens with zero attached hydrogens (tertiary/aromatic N) is 2. The molecular weight excluding hydrogens is 271 g/mol. The van der Waals surface area contributed by atoms with Crippen molar-refractivity contribution < 1.29 is 18.0 Å². The van der Waals surface area contributed by atoms with Gasteiger partial charge in [-0.2, -0.15) is 13.2 Å². The number of likely N-dealkylation sites (tertiary alicyclic amines) is 1. The van der Waals surface area contributed by atoms with Gasteiger partial charge in [0.05, 0.1) is 0 Å². The molecule has 0 unspecified atom stereocenters. The number of alkyl halides is 3. The third kappa shape index (κ3) is 6.45. The average Bonchev–Trinajstić information content (AvgIpc) is 2.37. The third-order valence-corrected chi connectivity index (χ3v) is 3.47. The zero-order valence-electron chi connectivity index (χ0n) is 12.2. The molecule has 1 heterocycles. The van der Waals surface area contributed by atoms with Crippen molar-refractivity contribution in [3.05, 3.63) is 0 Å². The first kappa shape index (κ1) is 17.1. The predicted octanol–water partition coefficient (Wildman–Crippen LogP) is 2.45. The molecule has 0 saturated carbocycles. The maximum Gasteiger partial charge on any atom is 0.389 e. The molecule has 0 atom stereocenters. The normalized spacial score (nSPS) is 17.4. The molecule has 0 radical (unpaired) electrons. The number of hydrogen-bond acceptors (Lipinski definition) is 2. The van der Waals surface area contributed by atoms with Crippen LogP contribution in [0, 0.1) is 0 Å². The van der Waals surface area contributed by atoms with Gasteiger partial charge < -0.3 is 15.1 Å². The van der Waals surface area contributed by atoms with Crippen molar-refractivity contribution in [1.82, 2.24) is 15.1 Å². The van der Waals surface area contributed by atoms with E-state index in [1.165, 1.54) is 0 Å². The molecule has 20 heavy (non-hydrogen) atoms. The number of urea groups is 1. The van der Waals surface area contributed by atoms with E-state index in [0.717, 1.165) is 12.8 Å². The summed E-state index contributed by atoms with van der Waals surface area (Å²) in [6.45, 7) is 2.02. The van der Waals surface area contributed by atoms with Gasteiger partial charge in [0.2, 0.25) is 0 Å². The highest BCUT2D eigenvalue weighted by atomic mass is 19.4. The monoisotopic (exact) mass is 295 g/mol. The summed E-state index contributed by atoms with van der Waals surface area (Å²) in [6, 6.07) is 0.334. The summed E-state index contributed by atoms with van der Waals surface area (Å²) < 4.78 is 35.9. The highest BCUT2D eigenvalue weighted by Gasteiger charge is 2.26. The Kier molecular flexibility index (Phi) is 6.58. The summed E-state index contributed by atoms with van der Waals surface area (Å²) in [7, 11) is 3.46. The Bertz CT molecular complexity index is 300. The third-order valence-electron chi connectivity index (χ3n) is 3.47. The molecule has 1 fully saturated rings. The van der Waals surface area contributed by atoms with Crippen molar-refractivity contribution in [2.75, 3.05) is 33.7 Å². The quantitative estimate of drug-likeness (QED) is 0.791. The molecule has 4 nitrogen and oxygen atoms in total. The SMILES string of the molecule is CN(C)C(=O)N1CCC(NCCCCC(F)(F)F)CC1. The lowest BCUT2D eigenvalue weighted by Crippen LogP contribution is -2.48. The Hall–Kier alpha value is -0.980. The average molecular weight is 295 g/mol. The Morgan fingerprint density at radius 3 is 2.35 bits per heavy atom. The minimum atomic E-state index is -4.04. The molecule has 0 aromatic carbocycles. The second-order valence-corrected chi connectivity index (χ2v) is 5.46. The van der Waals surface area contributed by atoms with Crippen molar-refractivity contribution in [2.24, 2.45) is 0 Å². The highest BCUT2D eigenvalue weighted by molar-refractivity contribution is 5.73. The Labute approximate surface area is 118 Å². The second kappa shape index (κ2) is 7.71. The molecule has 0 aliphatic carbocycles. The fourth-order valence-corrected chi connectivity index (χ4v) is 2.31. The summed E-state index contributed by atoms with van der Waals surface area (Å²) in [5, 5.41) is 3.28. The van der Waals surface area contributed by atoms with E-state index in [9.17, 15) is 18.0 Å². The largest absolute Gasteiger partial charge is 0.389 e. The van der Waals surface area contributed by atoms with Crippen LogP contribution in [0.3, 0.4) is 0 Å². The molecule has 1 N–H and O–H groups in total. The van der Waals surface area contributed by atoms with Crippen LogP contribution < -0.4 is 5.32 Å². The minimum Gasteiger partial charge on any atom is -0.331 e. The smallest absolute Gasteiger partial charge is 0.331 e. The summed E-state index contributed by atoms with van der Waals surface area (Å²) in [6.07, 6.45) is -2.31. The molecule has 118 valence electrons. The summed E-state index contributed by atoms with van der Waals surface area (Å²) >= 11 is 0. The van der Waals surface area contributed by atoms with Crippen molar-refractivity contribution in [3.8, 4) is 0 Å². The van der Waals surface area contributed by atoms with Crippen LogP contribution in [0.4, 0.5) is 18.0 Å². The van der Waals surface area contributed by atoms with Gasteiger partial charge in [-0.15, -0.1) is 0 Å². The standard InChI is InChI=1S/C13H24F3N3O/c1-18(2)12(20)19-9-5-11(6-10-19)17-8-4-3-7-13(14,15)16/h11,17H,3-10H2,1-2H3. The van der Waals surface area contributed by atoms with Gasteiger partial charge in [-0.25, -0.2) is 4.79 Å². The fraction of sp³-hybridized carbons (Fsp3) is 0.923. The van der Waals surface area contributed by atoms with E-state index < -0.39 is 12.6 Å². The molecule has 7 heteroatoms. The highest BCUT2D eigenvalue weighted by Crippen LogP contribution is 2.22. The van der Waals surface area contributed by atoms with Crippen LogP contribution in [-0.4, -0.2) is 61.8 Å². The number of piperidine rings is 1. The van der Waals surface area contributed by atoms with Gasteiger partial charge in [-0.05, 0) is 32.2 Å². The van der Waals surface area contributed by atoms with E-state index in [-0.39, 0.29) is 12.5 Å². The van der Waals surface area contributed by atoms with Crippen LogP contribution in [0.5, 0.6) is 0 Å². The van der Waals surface area contributed by atoms with Gasteiger partial charge in [0.15, 0.2) is 0 Å². The molecule has 0 spiro atoms. The first-order chi connectivity index (χ1) is 9.29. The van der Waals surface area contributed by atoms with Crippen LogP contribution >= 0.6 is 0 Å². The summed E-state index contributed by atoms with van der Waals surface area (Å²) in [5.74, 6) is 0. The number of carbonyl (C=O) groups is 1. The lowest BCUT2D eigenvalue weighted by molar-refractivity contribution is -0.135. The van der Waals surface area contributed by atoms with Crippen LogP contribution in [0.2, 0.25) is 0 Å². The van der Waals surface area contributed by atoms with Crippen LogP contribution in [0.15, 0.2) is 0 Å². The molecular formula is C13H24F3N3O. The van der Waals surface area contributed by atoms with Crippen LogP contribution in [0.25, 0.3) is 0 Å². The van der Waals surface area contributed by atoms with E-state index in [0.29, 0.717) is 32.1 Å². The van der Waals surface area contributed by atoms with Crippen LogP contribution in [0.1, 0.15) is 32.1 Å². The van der Waals surface area contributed by atoms with E-state index >= 15 is 0 Å². The fourth-order valence-electron chi connectivity index (χ4n) is 2.31. The number of unbranched alkanes of at least 4 members (excludes halogenated alkanes) is 1. The second-order valence-electron chi connectivity index (χ2n) is 5.46. The zero-order chi connectivity index (χ0) is 15.2. The van der Waals surface area contributed by atoms with Gasteiger partial charge in [0, 0.05) is 39.6 Å².